The first-order chi connectivity index (χ1) is 3.81. The second-order valence-corrected chi connectivity index (χ2v) is 3.27. The standard InChI is InChI=1S/C6H12N2/c7-5-1-6(2-5)3-8-4-6/h5,8H,1-4,7H2. The van der Waals surface area contributed by atoms with E-state index in [9.17, 15) is 0 Å². The van der Waals surface area contributed by atoms with Gasteiger partial charge in [-0.25, -0.2) is 0 Å². The highest BCUT2D eigenvalue weighted by Crippen LogP contribution is 2.42. The van der Waals surface area contributed by atoms with Crippen molar-refractivity contribution in [3.05, 3.63) is 0 Å². The second kappa shape index (κ2) is 1.25. The summed E-state index contributed by atoms with van der Waals surface area (Å²) in [6.07, 6.45) is 2.53. The molecule has 8 heavy (non-hydrogen) atoms. The summed E-state index contributed by atoms with van der Waals surface area (Å²) in [6.45, 7) is 2.45. The zero-order valence-electron chi connectivity index (χ0n) is 4.98. The van der Waals surface area contributed by atoms with Crippen molar-refractivity contribution < 1.29 is 0 Å². The molecule has 0 bridgehead atoms. The fraction of sp³-hybridized carbons (Fsp3) is 1.00. The molecule has 0 atom stereocenters. The summed E-state index contributed by atoms with van der Waals surface area (Å²) in [4.78, 5) is 0. The first-order valence-electron chi connectivity index (χ1n) is 3.27. The van der Waals surface area contributed by atoms with Crippen LogP contribution < -0.4 is 11.1 Å². The third-order valence-electron chi connectivity index (χ3n) is 2.39. The van der Waals surface area contributed by atoms with Crippen LogP contribution in [0.1, 0.15) is 12.8 Å². The van der Waals surface area contributed by atoms with E-state index in [1.165, 1.54) is 25.9 Å². The molecule has 0 amide bonds. The molecule has 1 saturated carbocycles. The van der Waals surface area contributed by atoms with Crippen molar-refractivity contribution in [2.24, 2.45) is 11.1 Å². The Morgan fingerprint density at radius 2 is 2.00 bits per heavy atom. The molecule has 0 aromatic rings. The topological polar surface area (TPSA) is 38.0 Å². The number of hydrogen-bond donors (Lipinski definition) is 2. The molecule has 3 N–H and O–H groups in total. The summed E-state index contributed by atoms with van der Waals surface area (Å²) in [5, 5.41) is 3.27. The second-order valence-electron chi connectivity index (χ2n) is 3.27. The third kappa shape index (κ3) is 0.446. The van der Waals surface area contributed by atoms with Crippen LogP contribution in [0.2, 0.25) is 0 Å². The summed E-state index contributed by atoms with van der Waals surface area (Å²) in [6, 6.07) is 0.525. The molecule has 2 aliphatic rings. The van der Waals surface area contributed by atoms with Gasteiger partial charge in [0.25, 0.3) is 0 Å². The lowest BCUT2D eigenvalue weighted by atomic mass is 9.62. The normalized spacial score (nSPS) is 34.1. The molecular formula is C6H12N2. The van der Waals surface area contributed by atoms with Gasteiger partial charge in [-0.15, -0.1) is 0 Å². The van der Waals surface area contributed by atoms with E-state index in [0.717, 1.165) is 0 Å². The molecule has 2 nitrogen and oxygen atoms in total. The van der Waals surface area contributed by atoms with E-state index in [2.05, 4.69) is 5.32 Å². The molecule has 2 heteroatoms. The SMILES string of the molecule is NC1CC2(CNC2)C1. The van der Waals surface area contributed by atoms with Gasteiger partial charge in [-0.1, -0.05) is 0 Å². The smallest absolute Gasteiger partial charge is 0.00513 e. The number of rotatable bonds is 0. The molecule has 2 rings (SSSR count). The molecule has 1 spiro atoms. The lowest BCUT2D eigenvalue weighted by Gasteiger charge is -2.53. The highest BCUT2D eigenvalue weighted by molar-refractivity contribution is 5.04. The fourth-order valence-electron chi connectivity index (χ4n) is 1.82. The van der Waals surface area contributed by atoms with Gasteiger partial charge in [0, 0.05) is 19.1 Å². The minimum atomic E-state index is 0.525. The van der Waals surface area contributed by atoms with Gasteiger partial charge in [0.15, 0.2) is 0 Å². The fourth-order valence-corrected chi connectivity index (χ4v) is 1.82. The Morgan fingerprint density at radius 3 is 2.12 bits per heavy atom. The summed E-state index contributed by atoms with van der Waals surface area (Å²) < 4.78 is 0. The molecule has 0 aromatic heterocycles. The third-order valence-corrected chi connectivity index (χ3v) is 2.39. The quantitative estimate of drug-likeness (QED) is 0.451. The maximum absolute atomic E-state index is 5.64. The van der Waals surface area contributed by atoms with E-state index < -0.39 is 0 Å². The molecule has 2 fully saturated rings. The van der Waals surface area contributed by atoms with Gasteiger partial charge in [-0.3, -0.25) is 0 Å². The van der Waals surface area contributed by atoms with E-state index in [1.54, 1.807) is 0 Å². The van der Waals surface area contributed by atoms with Crippen molar-refractivity contribution in [1.29, 1.82) is 0 Å². The average Bonchev–Trinajstić information content (AvgIpc) is 1.51. The Morgan fingerprint density at radius 1 is 1.38 bits per heavy atom. The van der Waals surface area contributed by atoms with Crippen LogP contribution in [0.15, 0.2) is 0 Å². The summed E-state index contributed by atoms with van der Waals surface area (Å²) in [5.41, 5.74) is 6.32. The van der Waals surface area contributed by atoms with Crippen LogP contribution in [-0.4, -0.2) is 19.1 Å². The van der Waals surface area contributed by atoms with Crippen molar-refractivity contribution in [3.8, 4) is 0 Å². The van der Waals surface area contributed by atoms with Gasteiger partial charge in [0.1, 0.15) is 0 Å². The zero-order chi connectivity index (χ0) is 5.61. The summed E-state index contributed by atoms with van der Waals surface area (Å²) in [5.74, 6) is 0. The van der Waals surface area contributed by atoms with Gasteiger partial charge in [0.2, 0.25) is 0 Å². The summed E-state index contributed by atoms with van der Waals surface area (Å²) in [7, 11) is 0. The Labute approximate surface area is 49.4 Å². The molecule has 46 valence electrons. The van der Waals surface area contributed by atoms with Crippen molar-refractivity contribution >= 4 is 0 Å². The molecule has 1 aliphatic carbocycles. The lowest BCUT2D eigenvalue weighted by molar-refractivity contribution is 0.0393. The largest absolute Gasteiger partial charge is 0.328 e. The molecule has 1 aliphatic heterocycles. The van der Waals surface area contributed by atoms with Crippen molar-refractivity contribution in [2.45, 2.75) is 18.9 Å². The van der Waals surface area contributed by atoms with Crippen molar-refractivity contribution in [2.75, 3.05) is 13.1 Å². The van der Waals surface area contributed by atoms with E-state index >= 15 is 0 Å². The van der Waals surface area contributed by atoms with Gasteiger partial charge in [-0.2, -0.15) is 0 Å². The average molecular weight is 112 g/mol. The molecule has 0 unspecified atom stereocenters. The van der Waals surface area contributed by atoms with E-state index in [-0.39, 0.29) is 0 Å². The van der Waals surface area contributed by atoms with Crippen molar-refractivity contribution in [3.63, 3.8) is 0 Å². The van der Waals surface area contributed by atoms with Crippen LogP contribution in [0.3, 0.4) is 0 Å². The maximum Gasteiger partial charge on any atom is 0.00513 e. The number of nitrogens with one attached hydrogen (secondary N) is 1. The Bertz CT molecular complexity index is 99.1. The molecule has 0 radical (unpaired) electrons. The Balaban J connectivity index is 1.92. The van der Waals surface area contributed by atoms with Crippen molar-refractivity contribution in [1.82, 2.24) is 5.32 Å². The molecule has 1 saturated heterocycles. The predicted molar refractivity (Wildman–Crippen MR) is 32.5 cm³/mol. The zero-order valence-corrected chi connectivity index (χ0v) is 4.98. The van der Waals surface area contributed by atoms with Crippen LogP contribution in [0.4, 0.5) is 0 Å². The van der Waals surface area contributed by atoms with E-state index in [4.69, 9.17) is 5.73 Å². The number of nitrogens with two attached hydrogens (primary N) is 1. The van der Waals surface area contributed by atoms with Crippen LogP contribution >= 0.6 is 0 Å². The minimum absolute atomic E-state index is 0.525. The number of hydrogen-bond acceptors (Lipinski definition) is 2. The molecule has 1 heterocycles. The van der Waals surface area contributed by atoms with Crippen LogP contribution in [-0.2, 0) is 0 Å². The van der Waals surface area contributed by atoms with Crippen LogP contribution in [0, 0.1) is 5.41 Å². The van der Waals surface area contributed by atoms with Gasteiger partial charge < -0.3 is 11.1 Å². The van der Waals surface area contributed by atoms with Gasteiger partial charge >= 0.3 is 0 Å². The Kier molecular flexibility index (Phi) is 0.746. The maximum atomic E-state index is 5.64. The van der Waals surface area contributed by atoms with E-state index in [1.807, 2.05) is 0 Å². The van der Waals surface area contributed by atoms with Crippen LogP contribution in [0.25, 0.3) is 0 Å². The van der Waals surface area contributed by atoms with Crippen LogP contribution in [0.5, 0.6) is 0 Å². The summed E-state index contributed by atoms with van der Waals surface area (Å²) >= 11 is 0. The highest BCUT2D eigenvalue weighted by Gasteiger charge is 2.46. The molecule has 0 aromatic carbocycles. The monoisotopic (exact) mass is 112 g/mol. The van der Waals surface area contributed by atoms with E-state index in [0.29, 0.717) is 11.5 Å². The Hall–Kier alpha value is -0.0800. The van der Waals surface area contributed by atoms with Gasteiger partial charge in [0.05, 0.1) is 0 Å². The molecular weight excluding hydrogens is 100 g/mol. The highest BCUT2D eigenvalue weighted by atomic mass is 15.0. The minimum Gasteiger partial charge on any atom is -0.328 e. The first kappa shape index (κ1) is 4.77. The van der Waals surface area contributed by atoms with Gasteiger partial charge in [-0.05, 0) is 18.3 Å². The predicted octanol–water partition coefficient (Wildman–Crippen LogP) is -0.303. The lowest BCUT2D eigenvalue weighted by Crippen LogP contribution is -2.63. The first-order valence-corrected chi connectivity index (χ1v) is 3.27.